The highest BCUT2D eigenvalue weighted by Gasteiger charge is 2.20. The van der Waals surface area contributed by atoms with Crippen LogP contribution >= 0.6 is 0 Å². The van der Waals surface area contributed by atoms with Gasteiger partial charge in [0, 0.05) is 31.4 Å². The second kappa shape index (κ2) is 7.14. The molecule has 1 aliphatic rings. The third-order valence-electron chi connectivity index (χ3n) is 3.42. The van der Waals surface area contributed by atoms with Gasteiger partial charge >= 0.3 is 6.03 Å². The van der Waals surface area contributed by atoms with E-state index in [1.54, 1.807) is 0 Å². The van der Waals surface area contributed by atoms with Crippen molar-refractivity contribution in [2.24, 2.45) is 11.7 Å². The number of carbonyl (C=O) groups excluding carboxylic acids is 1. The SMILES string of the molecule is CC1CCCN(C(=O)Nc2cccc(OCCN)c2)C1. The number of nitrogens with two attached hydrogens (primary N) is 1. The van der Waals surface area contributed by atoms with Crippen LogP contribution in [0.25, 0.3) is 0 Å². The summed E-state index contributed by atoms with van der Waals surface area (Å²) in [4.78, 5) is 14.1. The van der Waals surface area contributed by atoms with Crippen molar-refractivity contribution in [1.82, 2.24) is 4.90 Å². The number of anilines is 1. The van der Waals surface area contributed by atoms with Gasteiger partial charge in [-0.05, 0) is 30.9 Å². The maximum atomic E-state index is 12.2. The number of amides is 2. The number of hydrogen-bond donors (Lipinski definition) is 2. The molecule has 1 saturated heterocycles. The minimum absolute atomic E-state index is 0.0347. The number of likely N-dealkylation sites (tertiary alicyclic amines) is 1. The lowest BCUT2D eigenvalue weighted by Crippen LogP contribution is -2.41. The van der Waals surface area contributed by atoms with Crippen LogP contribution in [0.1, 0.15) is 19.8 Å². The number of hydrogen-bond acceptors (Lipinski definition) is 3. The van der Waals surface area contributed by atoms with Crippen LogP contribution < -0.4 is 15.8 Å². The van der Waals surface area contributed by atoms with Gasteiger partial charge in [0.05, 0.1) is 0 Å². The van der Waals surface area contributed by atoms with Crippen molar-refractivity contribution in [3.63, 3.8) is 0 Å². The maximum absolute atomic E-state index is 12.2. The van der Waals surface area contributed by atoms with Gasteiger partial charge in [-0.1, -0.05) is 13.0 Å². The normalized spacial score (nSPS) is 18.7. The van der Waals surface area contributed by atoms with Gasteiger partial charge in [0.2, 0.25) is 0 Å². The van der Waals surface area contributed by atoms with Crippen LogP contribution in [-0.2, 0) is 0 Å². The number of nitrogens with one attached hydrogen (secondary N) is 1. The van der Waals surface area contributed by atoms with Crippen LogP contribution in [-0.4, -0.2) is 37.2 Å². The van der Waals surface area contributed by atoms with E-state index in [4.69, 9.17) is 10.5 Å². The Kier molecular flexibility index (Phi) is 5.24. The summed E-state index contributed by atoms with van der Waals surface area (Å²) in [5.74, 6) is 1.30. The molecule has 1 fully saturated rings. The Hall–Kier alpha value is -1.75. The average Bonchev–Trinajstić information content (AvgIpc) is 2.45. The van der Waals surface area contributed by atoms with E-state index in [-0.39, 0.29) is 6.03 Å². The van der Waals surface area contributed by atoms with Crippen LogP contribution in [0, 0.1) is 5.92 Å². The zero-order chi connectivity index (χ0) is 14.4. The summed E-state index contributed by atoms with van der Waals surface area (Å²) in [6, 6.07) is 7.36. The summed E-state index contributed by atoms with van der Waals surface area (Å²) in [6.07, 6.45) is 2.28. The standard InChI is InChI=1S/C15H23N3O2/c1-12-4-3-8-18(11-12)15(19)17-13-5-2-6-14(10-13)20-9-7-16/h2,5-6,10,12H,3-4,7-9,11,16H2,1H3,(H,17,19). The van der Waals surface area contributed by atoms with Crippen molar-refractivity contribution in [2.45, 2.75) is 19.8 Å². The maximum Gasteiger partial charge on any atom is 0.321 e. The van der Waals surface area contributed by atoms with E-state index in [1.165, 1.54) is 6.42 Å². The second-order valence-electron chi connectivity index (χ2n) is 5.29. The predicted octanol–water partition coefficient (Wildman–Crippen LogP) is 2.29. The number of carbonyl (C=O) groups is 1. The number of nitrogens with zero attached hydrogens (tertiary/aromatic N) is 1. The number of urea groups is 1. The molecular formula is C15H23N3O2. The Labute approximate surface area is 120 Å². The van der Waals surface area contributed by atoms with E-state index in [2.05, 4.69) is 12.2 Å². The van der Waals surface area contributed by atoms with E-state index in [9.17, 15) is 4.79 Å². The van der Waals surface area contributed by atoms with Crippen molar-refractivity contribution in [2.75, 3.05) is 31.6 Å². The minimum atomic E-state index is -0.0347. The Bertz CT molecular complexity index is 450. The number of rotatable bonds is 4. The van der Waals surface area contributed by atoms with E-state index in [1.807, 2.05) is 29.2 Å². The first kappa shape index (κ1) is 14.7. The molecule has 1 aromatic carbocycles. The molecule has 110 valence electrons. The summed E-state index contributed by atoms with van der Waals surface area (Å²) >= 11 is 0. The molecule has 1 aliphatic heterocycles. The molecule has 5 nitrogen and oxygen atoms in total. The molecule has 0 spiro atoms. The predicted molar refractivity (Wildman–Crippen MR) is 80.0 cm³/mol. The molecule has 0 saturated carbocycles. The zero-order valence-corrected chi connectivity index (χ0v) is 12.0. The molecular weight excluding hydrogens is 254 g/mol. The van der Waals surface area contributed by atoms with Gasteiger partial charge in [-0.25, -0.2) is 4.79 Å². The van der Waals surface area contributed by atoms with Crippen LogP contribution in [0.2, 0.25) is 0 Å². The summed E-state index contributed by atoms with van der Waals surface area (Å²) in [6.45, 7) is 4.79. The third kappa shape index (κ3) is 4.13. The molecule has 1 unspecified atom stereocenters. The first-order valence-electron chi connectivity index (χ1n) is 7.18. The second-order valence-corrected chi connectivity index (χ2v) is 5.29. The van der Waals surface area contributed by atoms with E-state index >= 15 is 0 Å². The topological polar surface area (TPSA) is 67.6 Å². The van der Waals surface area contributed by atoms with Crippen molar-refractivity contribution in [3.05, 3.63) is 24.3 Å². The van der Waals surface area contributed by atoms with Gasteiger partial charge in [-0.3, -0.25) is 0 Å². The summed E-state index contributed by atoms with van der Waals surface area (Å²) < 4.78 is 5.45. The van der Waals surface area contributed by atoms with Crippen LogP contribution in [0.4, 0.5) is 10.5 Å². The molecule has 1 aromatic rings. The first-order chi connectivity index (χ1) is 9.69. The van der Waals surface area contributed by atoms with Gasteiger partial charge < -0.3 is 20.7 Å². The molecule has 3 N–H and O–H groups in total. The van der Waals surface area contributed by atoms with Gasteiger partial charge in [0.25, 0.3) is 0 Å². The van der Waals surface area contributed by atoms with Gasteiger partial charge in [0.1, 0.15) is 12.4 Å². The minimum Gasteiger partial charge on any atom is -0.492 e. The van der Waals surface area contributed by atoms with Crippen LogP contribution in [0.15, 0.2) is 24.3 Å². The smallest absolute Gasteiger partial charge is 0.321 e. The van der Waals surface area contributed by atoms with E-state index < -0.39 is 0 Å². The first-order valence-corrected chi connectivity index (χ1v) is 7.18. The number of piperidine rings is 1. The highest BCUT2D eigenvalue weighted by molar-refractivity contribution is 5.89. The average molecular weight is 277 g/mol. The number of ether oxygens (including phenoxy) is 1. The Morgan fingerprint density at radius 3 is 3.15 bits per heavy atom. The van der Waals surface area contributed by atoms with Crippen LogP contribution in [0.3, 0.4) is 0 Å². The Morgan fingerprint density at radius 1 is 1.55 bits per heavy atom. The molecule has 0 aromatic heterocycles. The van der Waals surface area contributed by atoms with E-state index in [0.29, 0.717) is 19.1 Å². The van der Waals surface area contributed by atoms with Gasteiger partial charge in [0.15, 0.2) is 0 Å². The van der Waals surface area contributed by atoms with Crippen molar-refractivity contribution in [3.8, 4) is 5.75 Å². The molecule has 2 rings (SSSR count). The molecule has 1 heterocycles. The van der Waals surface area contributed by atoms with Gasteiger partial charge in [-0.2, -0.15) is 0 Å². The highest BCUT2D eigenvalue weighted by atomic mass is 16.5. The largest absolute Gasteiger partial charge is 0.492 e. The molecule has 2 amide bonds. The molecule has 0 bridgehead atoms. The summed E-state index contributed by atoms with van der Waals surface area (Å²) in [7, 11) is 0. The van der Waals surface area contributed by atoms with E-state index in [0.717, 1.165) is 30.9 Å². The third-order valence-corrected chi connectivity index (χ3v) is 3.42. The quantitative estimate of drug-likeness (QED) is 0.887. The van der Waals surface area contributed by atoms with Crippen LogP contribution in [0.5, 0.6) is 5.75 Å². The Morgan fingerprint density at radius 2 is 2.40 bits per heavy atom. The molecule has 0 radical (unpaired) electrons. The lowest BCUT2D eigenvalue weighted by atomic mass is 10.0. The molecule has 20 heavy (non-hydrogen) atoms. The number of benzene rings is 1. The lowest BCUT2D eigenvalue weighted by Gasteiger charge is -2.30. The monoisotopic (exact) mass is 277 g/mol. The van der Waals surface area contributed by atoms with Crippen molar-refractivity contribution >= 4 is 11.7 Å². The molecule has 0 aliphatic carbocycles. The van der Waals surface area contributed by atoms with Crippen molar-refractivity contribution < 1.29 is 9.53 Å². The molecule has 1 atom stereocenters. The van der Waals surface area contributed by atoms with Gasteiger partial charge in [-0.15, -0.1) is 0 Å². The molecule has 5 heteroatoms. The fraction of sp³-hybridized carbons (Fsp3) is 0.533. The zero-order valence-electron chi connectivity index (χ0n) is 12.0. The lowest BCUT2D eigenvalue weighted by molar-refractivity contribution is 0.182. The Balaban J connectivity index is 1.93. The summed E-state index contributed by atoms with van der Waals surface area (Å²) in [5, 5.41) is 2.92. The fourth-order valence-electron chi connectivity index (χ4n) is 2.42. The highest BCUT2D eigenvalue weighted by Crippen LogP contribution is 2.20. The van der Waals surface area contributed by atoms with Crippen molar-refractivity contribution in [1.29, 1.82) is 0 Å². The fourth-order valence-corrected chi connectivity index (χ4v) is 2.42. The summed E-state index contributed by atoms with van der Waals surface area (Å²) in [5.41, 5.74) is 6.16.